The van der Waals surface area contributed by atoms with Crippen molar-refractivity contribution >= 4 is 0 Å². The van der Waals surface area contributed by atoms with Crippen molar-refractivity contribution in [3.05, 3.63) is 18.2 Å². The van der Waals surface area contributed by atoms with Gasteiger partial charge in [0.2, 0.25) is 0 Å². The number of hydrogen-bond donors (Lipinski definition) is 1. The Labute approximate surface area is 109 Å². The van der Waals surface area contributed by atoms with E-state index in [0.29, 0.717) is 0 Å². The Balaban J connectivity index is 2.07. The van der Waals surface area contributed by atoms with E-state index in [1.54, 1.807) is 7.11 Å². The van der Waals surface area contributed by atoms with Gasteiger partial charge >= 0.3 is 0 Å². The first-order valence-electron chi connectivity index (χ1n) is 6.65. The zero-order valence-corrected chi connectivity index (χ0v) is 11.5. The quantitative estimate of drug-likeness (QED) is 0.608. The van der Waals surface area contributed by atoms with E-state index in [0.717, 1.165) is 58.0 Å². The third-order valence-electron chi connectivity index (χ3n) is 2.55. The lowest BCUT2D eigenvalue weighted by Gasteiger charge is -2.04. The summed E-state index contributed by atoms with van der Waals surface area (Å²) < 4.78 is 12.5. The molecule has 1 N–H and O–H groups in total. The molecule has 0 aliphatic rings. The van der Waals surface area contributed by atoms with Crippen molar-refractivity contribution in [2.24, 2.45) is 0 Å². The molecule has 0 radical (unpaired) electrons. The van der Waals surface area contributed by atoms with Gasteiger partial charge in [-0.3, -0.25) is 0 Å². The van der Waals surface area contributed by atoms with Crippen molar-refractivity contribution < 1.29 is 9.47 Å². The lowest BCUT2D eigenvalue weighted by atomic mass is 10.4. The lowest BCUT2D eigenvalue weighted by molar-refractivity contribution is 0.0976. The first kappa shape index (κ1) is 15.1. The number of nitrogens with one attached hydrogen (secondary N) is 1. The molecule has 0 aliphatic heterocycles. The van der Waals surface area contributed by atoms with E-state index >= 15 is 0 Å². The molecule has 18 heavy (non-hydrogen) atoms. The van der Waals surface area contributed by atoms with Gasteiger partial charge in [0.05, 0.1) is 18.6 Å². The van der Waals surface area contributed by atoms with Gasteiger partial charge in [-0.2, -0.15) is 0 Å². The maximum Gasteiger partial charge on any atom is 0.0950 e. The number of methoxy groups -OCH3 is 1. The maximum absolute atomic E-state index is 5.50. The number of aromatic nitrogens is 2. The van der Waals surface area contributed by atoms with Crippen molar-refractivity contribution in [1.29, 1.82) is 0 Å². The third kappa shape index (κ3) is 6.74. The maximum atomic E-state index is 5.50. The summed E-state index contributed by atoms with van der Waals surface area (Å²) in [6.07, 6.45) is 6.03. The molecule has 0 amide bonds. The fourth-order valence-electron chi connectivity index (χ4n) is 1.59. The summed E-state index contributed by atoms with van der Waals surface area (Å²) in [6.45, 7) is 7.14. The second kappa shape index (κ2) is 10.1. The molecule has 1 aromatic rings. The molecule has 0 aromatic carbocycles. The highest BCUT2D eigenvalue weighted by atomic mass is 16.5. The second-order valence-electron chi connectivity index (χ2n) is 4.24. The minimum Gasteiger partial charge on any atom is -0.385 e. The van der Waals surface area contributed by atoms with Gasteiger partial charge in [0.25, 0.3) is 0 Å². The van der Waals surface area contributed by atoms with Crippen LogP contribution in [0.4, 0.5) is 0 Å². The van der Waals surface area contributed by atoms with Crippen LogP contribution in [0.1, 0.15) is 25.5 Å². The Morgan fingerprint density at radius 3 is 3.00 bits per heavy atom. The van der Waals surface area contributed by atoms with Crippen molar-refractivity contribution in [3.8, 4) is 0 Å². The summed E-state index contributed by atoms with van der Waals surface area (Å²) in [5, 5.41) is 3.33. The average molecular weight is 255 g/mol. The van der Waals surface area contributed by atoms with Crippen LogP contribution in [0.3, 0.4) is 0 Å². The molecule has 1 rings (SSSR count). The molecule has 0 fully saturated rings. The van der Waals surface area contributed by atoms with Crippen LogP contribution in [0.15, 0.2) is 12.5 Å². The summed E-state index contributed by atoms with van der Waals surface area (Å²) in [5.41, 5.74) is 1.09. The minimum atomic E-state index is 0.724. The zero-order chi connectivity index (χ0) is 13.1. The molecule has 0 spiro atoms. The minimum absolute atomic E-state index is 0.724. The van der Waals surface area contributed by atoms with E-state index in [1.165, 1.54) is 0 Å². The number of ether oxygens (including phenoxy) is 2. The smallest absolute Gasteiger partial charge is 0.0950 e. The predicted octanol–water partition coefficient (Wildman–Crippen LogP) is 1.44. The van der Waals surface area contributed by atoms with Gasteiger partial charge in [-0.1, -0.05) is 6.92 Å². The molecule has 5 nitrogen and oxygen atoms in total. The summed E-state index contributed by atoms with van der Waals surface area (Å²) in [6, 6.07) is 0. The van der Waals surface area contributed by atoms with Crippen LogP contribution < -0.4 is 5.32 Å². The van der Waals surface area contributed by atoms with E-state index in [4.69, 9.17) is 9.47 Å². The van der Waals surface area contributed by atoms with E-state index in [9.17, 15) is 0 Å². The molecule has 0 saturated carbocycles. The summed E-state index contributed by atoms with van der Waals surface area (Å²) in [7, 11) is 1.71. The molecule has 0 aliphatic carbocycles. The van der Waals surface area contributed by atoms with Crippen molar-refractivity contribution in [1.82, 2.24) is 14.9 Å². The van der Waals surface area contributed by atoms with Crippen LogP contribution in [0, 0.1) is 0 Å². The Bertz CT molecular complexity index is 302. The SMILES string of the molecule is CCCNCc1cn(CCOCCCOC)cn1. The van der Waals surface area contributed by atoms with E-state index < -0.39 is 0 Å². The molecule has 1 heterocycles. The van der Waals surface area contributed by atoms with Crippen molar-refractivity contribution in [2.75, 3.05) is 33.5 Å². The standard InChI is InChI=1S/C13H25N3O2/c1-3-5-14-10-13-11-16(12-15-13)6-9-18-8-4-7-17-2/h11-12,14H,3-10H2,1-2H3. The van der Waals surface area contributed by atoms with Crippen molar-refractivity contribution in [2.45, 2.75) is 32.9 Å². The van der Waals surface area contributed by atoms with Gasteiger partial charge in [0.1, 0.15) is 0 Å². The lowest BCUT2D eigenvalue weighted by Crippen LogP contribution is -2.14. The number of rotatable bonds is 11. The number of imidazole rings is 1. The Hall–Kier alpha value is -0.910. The molecule has 0 bridgehead atoms. The van der Waals surface area contributed by atoms with Crippen LogP contribution in [0.5, 0.6) is 0 Å². The van der Waals surface area contributed by atoms with Gasteiger partial charge in [-0.15, -0.1) is 0 Å². The normalized spacial score (nSPS) is 11.0. The Kier molecular flexibility index (Phi) is 8.46. The second-order valence-corrected chi connectivity index (χ2v) is 4.24. The molecule has 104 valence electrons. The average Bonchev–Trinajstić information content (AvgIpc) is 2.82. The molecule has 0 atom stereocenters. The zero-order valence-electron chi connectivity index (χ0n) is 11.5. The van der Waals surface area contributed by atoms with Gasteiger partial charge in [-0.25, -0.2) is 4.98 Å². The molecule has 1 aromatic heterocycles. The first-order valence-corrected chi connectivity index (χ1v) is 6.65. The summed E-state index contributed by atoms with van der Waals surface area (Å²) in [5.74, 6) is 0. The predicted molar refractivity (Wildman–Crippen MR) is 71.5 cm³/mol. The van der Waals surface area contributed by atoms with Crippen LogP contribution in [0.2, 0.25) is 0 Å². The number of nitrogens with zero attached hydrogens (tertiary/aromatic N) is 2. The highest BCUT2D eigenvalue weighted by molar-refractivity contribution is 4.95. The topological polar surface area (TPSA) is 48.3 Å². The third-order valence-corrected chi connectivity index (χ3v) is 2.55. The van der Waals surface area contributed by atoms with Gasteiger partial charge < -0.3 is 19.4 Å². The number of hydrogen-bond acceptors (Lipinski definition) is 4. The Morgan fingerprint density at radius 2 is 2.22 bits per heavy atom. The first-order chi connectivity index (χ1) is 8.86. The largest absolute Gasteiger partial charge is 0.385 e. The fraction of sp³-hybridized carbons (Fsp3) is 0.769. The van der Waals surface area contributed by atoms with Crippen molar-refractivity contribution in [3.63, 3.8) is 0 Å². The molecule has 0 unspecified atom stereocenters. The molecule has 5 heteroatoms. The highest BCUT2D eigenvalue weighted by Gasteiger charge is 1.98. The van der Waals surface area contributed by atoms with Crippen LogP contribution >= 0.6 is 0 Å². The van der Waals surface area contributed by atoms with E-state index in [1.807, 2.05) is 6.33 Å². The summed E-state index contributed by atoms with van der Waals surface area (Å²) >= 11 is 0. The molecular weight excluding hydrogens is 230 g/mol. The monoisotopic (exact) mass is 255 g/mol. The van der Waals surface area contributed by atoms with E-state index in [2.05, 4.69) is 28.0 Å². The molecule has 0 saturated heterocycles. The van der Waals surface area contributed by atoms with Gasteiger partial charge in [0.15, 0.2) is 0 Å². The van der Waals surface area contributed by atoms with Gasteiger partial charge in [-0.05, 0) is 19.4 Å². The fourth-order valence-corrected chi connectivity index (χ4v) is 1.59. The van der Waals surface area contributed by atoms with E-state index in [-0.39, 0.29) is 0 Å². The summed E-state index contributed by atoms with van der Waals surface area (Å²) in [4.78, 5) is 4.34. The van der Waals surface area contributed by atoms with Crippen LogP contribution in [-0.4, -0.2) is 43.0 Å². The van der Waals surface area contributed by atoms with Crippen LogP contribution in [0.25, 0.3) is 0 Å². The molecular formula is C13H25N3O2. The van der Waals surface area contributed by atoms with Crippen LogP contribution in [-0.2, 0) is 22.6 Å². The highest BCUT2D eigenvalue weighted by Crippen LogP contribution is 1.96. The van der Waals surface area contributed by atoms with Gasteiger partial charge in [0, 0.05) is 39.6 Å². The Morgan fingerprint density at radius 1 is 1.33 bits per heavy atom.